The minimum absolute atomic E-state index is 0.670. The number of rotatable bonds is 6. The van der Waals surface area contributed by atoms with Crippen LogP contribution in [0.1, 0.15) is 0 Å². The molecular weight excluding hydrogens is 618 g/mol. The number of methoxy groups -OCH3 is 1. The second-order valence-electron chi connectivity index (χ2n) is 10.2. The molecule has 0 amide bonds. The van der Waals surface area contributed by atoms with Gasteiger partial charge in [-0.1, -0.05) is 88.2 Å². The summed E-state index contributed by atoms with van der Waals surface area (Å²) in [7, 11) is 1.67. The standard InChI is InChI=1S/C37H25BrClN3O/c1-43-28-16-14-27(15-17-28)40-37-36(35(24-10-6-3-7-11-24)31-20-25(38)12-18-33(31)42-37)34-22-29(23-8-4-2-5-9-23)30-21-26(39)13-19-32(30)41-34/h2-22H,1H3,(H,40,42). The average Bonchev–Trinajstić information content (AvgIpc) is 3.05. The molecule has 7 rings (SSSR count). The maximum atomic E-state index is 6.50. The van der Waals surface area contributed by atoms with Gasteiger partial charge in [-0.15, -0.1) is 0 Å². The van der Waals surface area contributed by atoms with Crippen molar-refractivity contribution in [1.29, 1.82) is 0 Å². The van der Waals surface area contributed by atoms with Crippen LogP contribution in [0.3, 0.4) is 0 Å². The van der Waals surface area contributed by atoms with Crippen LogP contribution in [0.4, 0.5) is 11.5 Å². The van der Waals surface area contributed by atoms with Crippen molar-refractivity contribution in [3.8, 4) is 39.3 Å². The normalized spacial score (nSPS) is 11.1. The summed E-state index contributed by atoms with van der Waals surface area (Å²) < 4.78 is 6.37. The van der Waals surface area contributed by atoms with Crippen molar-refractivity contribution in [1.82, 2.24) is 9.97 Å². The van der Waals surface area contributed by atoms with E-state index in [4.69, 9.17) is 26.3 Å². The van der Waals surface area contributed by atoms with Gasteiger partial charge in [0.2, 0.25) is 0 Å². The van der Waals surface area contributed by atoms with Crippen LogP contribution in [0.25, 0.3) is 55.3 Å². The van der Waals surface area contributed by atoms with Crippen molar-refractivity contribution < 1.29 is 4.74 Å². The maximum absolute atomic E-state index is 6.50. The van der Waals surface area contributed by atoms with Crippen molar-refractivity contribution in [2.75, 3.05) is 12.4 Å². The molecule has 0 fully saturated rings. The van der Waals surface area contributed by atoms with Crippen LogP contribution < -0.4 is 10.1 Å². The highest BCUT2D eigenvalue weighted by molar-refractivity contribution is 9.10. The number of nitrogens with one attached hydrogen (secondary N) is 1. The van der Waals surface area contributed by atoms with Crippen LogP contribution in [0.2, 0.25) is 5.02 Å². The lowest BCUT2D eigenvalue weighted by Crippen LogP contribution is -2.02. The van der Waals surface area contributed by atoms with E-state index in [2.05, 4.69) is 69.8 Å². The molecule has 0 aliphatic carbocycles. The molecule has 208 valence electrons. The predicted octanol–water partition coefficient (Wildman–Crippen LogP) is 11.0. The third kappa shape index (κ3) is 5.34. The lowest BCUT2D eigenvalue weighted by atomic mass is 9.91. The molecule has 2 aromatic heterocycles. The molecule has 0 aliphatic heterocycles. The van der Waals surface area contributed by atoms with Crippen LogP contribution in [0.15, 0.2) is 132 Å². The molecule has 0 spiro atoms. The molecule has 0 aliphatic rings. The molecular formula is C37H25BrClN3O. The Balaban J connectivity index is 1.59. The van der Waals surface area contributed by atoms with Crippen LogP contribution in [0, 0.1) is 0 Å². The van der Waals surface area contributed by atoms with E-state index in [0.29, 0.717) is 10.8 Å². The number of ether oxygens (including phenoxy) is 1. The number of hydrogen-bond acceptors (Lipinski definition) is 4. The van der Waals surface area contributed by atoms with Crippen LogP contribution in [-0.2, 0) is 0 Å². The Hall–Kier alpha value is -4.71. The first-order valence-corrected chi connectivity index (χ1v) is 15.0. The van der Waals surface area contributed by atoms with Gasteiger partial charge in [-0.3, -0.25) is 0 Å². The smallest absolute Gasteiger partial charge is 0.141 e. The van der Waals surface area contributed by atoms with E-state index in [0.717, 1.165) is 71.2 Å². The number of nitrogens with zero attached hydrogens (tertiary/aromatic N) is 2. The Morgan fingerprint density at radius 2 is 1.33 bits per heavy atom. The second-order valence-corrected chi connectivity index (χ2v) is 11.5. The minimum Gasteiger partial charge on any atom is -0.497 e. The monoisotopic (exact) mass is 641 g/mol. The Morgan fingerprint density at radius 1 is 0.651 bits per heavy atom. The summed E-state index contributed by atoms with van der Waals surface area (Å²) in [6.07, 6.45) is 0. The number of halogens is 2. The zero-order valence-electron chi connectivity index (χ0n) is 23.2. The fourth-order valence-corrected chi connectivity index (χ4v) is 6.01. The van der Waals surface area contributed by atoms with Gasteiger partial charge in [-0.25, -0.2) is 9.97 Å². The number of fused-ring (bicyclic) bond motifs is 2. The molecule has 5 aromatic carbocycles. The third-order valence-corrected chi connectivity index (χ3v) is 8.20. The lowest BCUT2D eigenvalue weighted by Gasteiger charge is -2.20. The third-order valence-electron chi connectivity index (χ3n) is 7.47. The summed E-state index contributed by atoms with van der Waals surface area (Å²) in [5.74, 6) is 1.49. The molecule has 0 saturated heterocycles. The van der Waals surface area contributed by atoms with Crippen molar-refractivity contribution in [3.05, 3.63) is 137 Å². The first-order chi connectivity index (χ1) is 21.1. The van der Waals surface area contributed by atoms with Gasteiger partial charge in [0, 0.05) is 31.5 Å². The molecule has 0 unspecified atom stereocenters. The summed E-state index contributed by atoms with van der Waals surface area (Å²) in [5, 5.41) is 6.30. The Bertz CT molecular complexity index is 2100. The molecule has 6 heteroatoms. The number of anilines is 2. The van der Waals surface area contributed by atoms with Gasteiger partial charge in [0.15, 0.2) is 0 Å². The SMILES string of the molecule is COc1ccc(Nc2nc3ccc(Br)cc3c(-c3ccccc3)c2-c2cc(-c3ccccc3)c3cc(Cl)ccc3n2)cc1. The molecule has 7 aromatic rings. The summed E-state index contributed by atoms with van der Waals surface area (Å²) in [4.78, 5) is 10.4. The molecule has 2 heterocycles. The second kappa shape index (κ2) is 11.5. The van der Waals surface area contributed by atoms with E-state index in [-0.39, 0.29) is 0 Å². The zero-order valence-corrected chi connectivity index (χ0v) is 25.5. The maximum Gasteiger partial charge on any atom is 0.141 e. The van der Waals surface area contributed by atoms with E-state index >= 15 is 0 Å². The molecule has 1 N–H and O–H groups in total. The fraction of sp³-hybridized carbons (Fsp3) is 0.0270. The van der Waals surface area contributed by atoms with Gasteiger partial charge in [0.1, 0.15) is 11.6 Å². The highest BCUT2D eigenvalue weighted by Crippen LogP contribution is 2.44. The van der Waals surface area contributed by atoms with Crippen molar-refractivity contribution in [2.24, 2.45) is 0 Å². The summed E-state index contributed by atoms with van der Waals surface area (Å²) in [6.45, 7) is 0. The molecule has 0 radical (unpaired) electrons. The molecule has 43 heavy (non-hydrogen) atoms. The molecule has 0 atom stereocenters. The molecule has 0 saturated carbocycles. The largest absolute Gasteiger partial charge is 0.497 e. The van der Waals surface area contributed by atoms with Gasteiger partial charge in [-0.05, 0) is 83.4 Å². The van der Waals surface area contributed by atoms with Crippen molar-refractivity contribution >= 4 is 60.8 Å². The van der Waals surface area contributed by atoms with E-state index in [1.807, 2.05) is 78.9 Å². The average molecular weight is 643 g/mol. The highest BCUT2D eigenvalue weighted by Gasteiger charge is 2.22. The van der Waals surface area contributed by atoms with Crippen molar-refractivity contribution in [3.63, 3.8) is 0 Å². The van der Waals surface area contributed by atoms with Crippen LogP contribution in [0.5, 0.6) is 5.75 Å². The Kier molecular flexibility index (Phi) is 7.27. The molecule has 4 nitrogen and oxygen atoms in total. The summed E-state index contributed by atoms with van der Waals surface area (Å²) in [5.41, 5.74) is 8.57. The Labute approximate surface area is 263 Å². The van der Waals surface area contributed by atoms with Gasteiger partial charge in [-0.2, -0.15) is 0 Å². The van der Waals surface area contributed by atoms with Gasteiger partial charge >= 0.3 is 0 Å². The summed E-state index contributed by atoms with van der Waals surface area (Å²) in [6, 6.07) is 42.8. The number of pyridine rings is 2. The number of benzene rings is 5. The number of aromatic nitrogens is 2. The minimum atomic E-state index is 0.670. The van der Waals surface area contributed by atoms with E-state index in [9.17, 15) is 0 Å². The lowest BCUT2D eigenvalue weighted by molar-refractivity contribution is 0.415. The summed E-state index contributed by atoms with van der Waals surface area (Å²) >= 11 is 10.2. The van der Waals surface area contributed by atoms with Gasteiger partial charge < -0.3 is 10.1 Å². The van der Waals surface area contributed by atoms with E-state index in [1.165, 1.54) is 0 Å². The van der Waals surface area contributed by atoms with Crippen LogP contribution in [-0.4, -0.2) is 17.1 Å². The number of hydrogen-bond donors (Lipinski definition) is 1. The zero-order chi connectivity index (χ0) is 29.3. The van der Waals surface area contributed by atoms with Gasteiger partial charge in [0.05, 0.1) is 29.4 Å². The topological polar surface area (TPSA) is 47.0 Å². The fourth-order valence-electron chi connectivity index (χ4n) is 5.47. The predicted molar refractivity (Wildman–Crippen MR) is 182 cm³/mol. The highest BCUT2D eigenvalue weighted by atomic mass is 79.9. The van der Waals surface area contributed by atoms with Crippen LogP contribution >= 0.6 is 27.5 Å². The molecule has 0 bridgehead atoms. The first-order valence-electron chi connectivity index (χ1n) is 13.8. The first kappa shape index (κ1) is 27.1. The van der Waals surface area contributed by atoms with Gasteiger partial charge in [0.25, 0.3) is 0 Å². The quantitative estimate of drug-likeness (QED) is 0.196. The Morgan fingerprint density at radius 3 is 2.05 bits per heavy atom. The van der Waals surface area contributed by atoms with Crippen molar-refractivity contribution in [2.45, 2.75) is 0 Å². The van der Waals surface area contributed by atoms with E-state index in [1.54, 1.807) is 7.11 Å². The van der Waals surface area contributed by atoms with E-state index < -0.39 is 0 Å².